The van der Waals surface area contributed by atoms with E-state index in [1.54, 1.807) is 42.5 Å². The molecule has 0 unspecified atom stereocenters. The molecule has 0 bridgehead atoms. The first-order chi connectivity index (χ1) is 18.2. The number of carbonyl (C=O) groups is 1. The predicted octanol–water partition coefficient (Wildman–Crippen LogP) is 5.77. The fourth-order valence-electron chi connectivity index (χ4n) is 3.71. The van der Waals surface area contributed by atoms with Crippen LogP contribution in [-0.4, -0.2) is 42.7 Å². The van der Waals surface area contributed by atoms with Gasteiger partial charge in [0, 0.05) is 17.8 Å². The minimum Gasteiger partial charge on any atom is -0.477 e. The molecule has 4 rings (SSSR count). The van der Waals surface area contributed by atoms with Crippen LogP contribution in [0.15, 0.2) is 101 Å². The number of rotatable bonds is 11. The van der Waals surface area contributed by atoms with Crippen molar-refractivity contribution in [2.24, 2.45) is 0 Å². The highest BCUT2D eigenvalue weighted by atomic mass is 35.5. The zero-order valence-corrected chi connectivity index (χ0v) is 24.1. The average Bonchev–Trinajstić information content (AvgIpc) is 2.92. The van der Waals surface area contributed by atoms with Crippen LogP contribution in [-0.2, 0) is 16.3 Å². The Labute approximate surface area is 249 Å². The van der Waals surface area contributed by atoms with Gasteiger partial charge in [-0.1, -0.05) is 35.9 Å². The topological polar surface area (TPSA) is 126 Å². The van der Waals surface area contributed by atoms with Gasteiger partial charge in [0.15, 0.2) is 0 Å². The van der Waals surface area contributed by atoms with E-state index in [9.17, 15) is 23.4 Å². The highest BCUT2D eigenvalue weighted by Gasteiger charge is 2.18. The van der Waals surface area contributed by atoms with Gasteiger partial charge in [0.1, 0.15) is 11.3 Å². The quantitative estimate of drug-likeness (QED) is 0.180. The average molecular weight is 626 g/mol. The van der Waals surface area contributed by atoms with Gasteiger partial charge in [-0.25, -0.2) is 18.2 Å². The monoisotopic (exact) mass is 624 g/mol. The van der Waals surface area contributed by atoms with Crippen LogP contribution < -0.4 is 10.1 Å². The molecule has 0 radical (unpaired) electrons. The molecule has 0 saturated carbocycles. The normalized spacial score (nSPS) is 11.6. The Hall–Kier alpha value is -3.18. The Morgan fingerprint density at radius 2 is 1.60 bits per heavy atom. The van der Waals surface area contributed by atoms with Crippen molar-refractivity contribution in [3.63, 3.8) is 0 Å². The fourth-order valence-corrected chi connectivity index (χ4v) is 5.17. The molecule has 3 N–H and O–H groups in total. The standard InChI is InChI=1S/C28H25ClN2O6S.2ClH/c29-21-4-1-3-20(17-21)26(32)18-30-16-14-19-6-10-23(11-7-19)38(35,36)24-12-8-22(9-13-24)37-27-25(28(33)34)5-2-15-31-27;;/h1-13,15,17,26,30,32H,14,16,18H2,(H,33,34);2*1H/t26-;;/m0../s1. The Kier molecular flexibility index (Phi) is 12.4. The number of halogens is 3. The van der Waals surface area contributed by atoms with E-state index in [0.29, 0.717) is 24.5 Å². The van der Waals surface area contributed by atoms with E-state index >= 15 is 0 Å². The molecule has 212 valence electrons. The third-order valence-corrected chi connectivity index (χ3v) is 7.77. The molecular formula is C28H27Cl3N2O6S. The number of aliphatic hydroxyl groups is 1. The van der Waals surface area contributed by atoms with Crippen molar-refractivity contribution < 1.29 is 28.2 Å². The van der Waals surface area contributed by atoms with Gasteiger partial charge >= 0.3 is 5.97 Å². The Balaban J connectivity index is 0.00000280. The third kappa shape index (κ3) is 8.41. The molecule has 0 fully saturated rings. The van der Waals surface area contributed by atoms with Crippen LogP contribution in [0.2, 0.25) is 5.02 Å². The number of nitrogens with zero attached hydrogens (tertiary/aromatic N) is 1. The van der Waals surface area contributed by atoms with Gasteiger partial charge in [0.25, 0.3) is 0 Å². The molecule has 40 heavy (non-hydrogen) atoms. The van der Waals surface area contributed by atoms with Gasteiger partial charge in [0.2, 0.25) is 15.7 Å². The molecule has 0 spiro atoms. The van der Waals surface area contributed by atoms with Crippen LogP contribution in [0.25, 0.3) is 0 Å². The van der Waals surface area contributed by atoms with E-state index in [-0.39, 0.29) is 51.8 Å². The van der Waals surface area contributed by atoms with E-state index in [4.69, 9.17) is 16.3 Å². The third-order valence-electron chi connectivity index (χ3n) is 5.75. The van der Waals surface area contributed by atoms with E-state index in [1.807, 2.05) is 6.07 Å². The highest BCUT2D eigenvalue weighted by Crippen LogP contribution is 2.27. The van der Waals surface area contributed by atoms with Crippen molar-refractivity contribution in [2.75, 3.05) is 13.1 Å². The lowest BCUT2D eigenvalue weighted by atomic mass is 10.1. The number of hydrogen-bond donors (Lipinski definition) is 3. The molecule has 1 atom stereocenters. The summed E-state index contributed by atoms with van der Waals surface area (Å²) in [4.78, 5) is 15.5. The molecule has 0 saturated heterocycles. The summed E-state index contributed by atoms with van der Waals surface area (Å²) in [5.41, 5.74) is 1.58. The summed E-state index contributed by atoms with van der Waals surface area (Å²) in [6.45, 7) is 0.968. The molecule has 0 amide bonds. The maximum Gasteiger partial charge on any atom is 0.341 e. The van der Waals surface area contributed by atoms with Crippen LogP contribution in [0.4, 0.5) is 0 Å². The van der Waals surface area contributed by atoms with E-state index in [2.05, 4.69) is 10.3 Å². The first-order valence-electron chi connectivity index (χ1n) is 11.7. The van der Waals surface area contributed by atoms with Crippen LogP contribution in [0.1, 0.15) is 27.6 Å². The second kappa shape index (κ2) is 15.0. The zero-order valence-electron chi connectivity index (χ0n) is 20.9. The molecule has 3 aromatic carbocycles. The number of ether oxygens (including phenoxy) is 1. The minimum atomic E-state index is -3.76. The van der Waals surface area contributed by atoms with Crippen molar-refractivity contribution in [3.05, 3.63) is 113 Å². The molecule has 0 aliphatic rings. The second-order valence-corrected chi connectivity index (χ2v) is 10.8. The lowest BCUT2D eigenvalue weighted by molar-refractivity contribution is 0.0693. The zero-order chi connectivity index (χ0) is 27.1. The van der Waals surface area contributed by atoms with Crippen molar-refractivity contribution in [3.8, 4) is 11.6 Å². The Morgan fingerprint density at radius 3 is 2.23 bits per heavy atom. The summed E-state index contributed by atoms with van der Waals surface area (Å²) < 4.78 is 31.7. The predicted molar refractivity (Wildman–Crippen MR) is 157 cm³/mol. The number of aromatic carboxylic acids is 1. The maximum absolute atomic E-state index is 13.1. The molecule has 0 aliphatic heterocycles. The van der Waals surface area contributed by atoms with E-state index in [1.165, 1.54) is 42.6 Å². The molecule has 12 heteroatoms. The number of benzene rings is 3. The summed E-state index contributed by atoms with van der Waals surface area (Å²) in [6.07, 6.45) is 1.38. The summed E-state index contributed by atoms with van der Waals surface area (Å²) in [6, 6.07) is 22.3. The van der Waals surface area contributed by atoms with Gasteiger partial charge in [-0.2, -0.15) is 0 Å². The van der Waals surface area contributed by atoms with Crippen LogP contribution in [0.3, 0.4) is 0 Å². The van der Waals surface area contributed by atoms with Gasteiger partial charge in [0.05, 0.1) is 15.9 Å². The maximum atomic E-state index is 13.1. The summed E-state index contributed by atoms with van der Waals surface area (Å²) in [5.74, 6) is -1.00. The number of aromatic nitrogens is 1. The van der Waals surface area contributed by atoms with Crippen molar-refractivity contribution in [1.29, 1.82) is 0 Å². The van der Waals surface area contributed by atoms with Gasteiger partial charge in [-0.05, 0) is 84.8 Å². The SMILES string of the molecule is Cl.Cl.O=C(O)c1cccnc1Oc1ccc(S(=O)(=O)c2ccc(CCNC[C@H](O)c3cccc(Cl)c3)cc2)cc1. The lowest BCUT2D eigenvalue weighted by Crippen LogP contribution is -2.23. The molecule has 4 aromatic rings. The number of aliphatic hydroxyl groups excluding tert-OH is 1. The molecule has 8 nitrogen and oxygen atoms in total. The number of carboxylic acids is 1. The lowest BCUT2D eigenvalue weighted by Gasteiger charge is -2.13. The first kappa shape index (κ1) is 33.0. The summed E-state index contributed by atoms with van der Waals surface area (Å²) in [5, 5.41) is 23.3. The molecule has 1 aromatic heterocycles. The molecule has 1 heterocycles. The minimum absolute atomic E-state index is 0. The summed E-state index contributed by atoms with van der Waals surface area (Å²) in [7, 11) is -3.76. The molecule has 0 aliphatic carbocycles. The fraction of sp³-hybridized carbons (Fsp3) is 0.143. The highest BCUT2D eigenvalue weighted by molar-refractivity contribution is 7.91. The van der Waals surface area contributed by atoms with E-state index < -0.39 is 21.9 Å². The van der Waals surface area contributed by atoms with E-state index in [0.717, 1.165) is 11.1 Å². The number of nitrogens with one attached hydrogen (secondary N) is 1. The van der Waals surface area contributed by atoms with Crippen molar-refractivity contribution >= 4 is 52.2 Å². The van der Waals surface area contributed by atoms with Crippen LogP contribution in [0, 0.1) is 0 Å². The van der Waals surface area contributed by atoms with Gasteiger partial charge in [-0.15, -0.1) is 24.8 Å². The number of carboxylic acid groups (broad SMARTS) is 1. The van der Waals surface area contributed by atoms with Crippen LogP contribution >= 0.6 is 36.4 Å². The van der Waals surface area contributed by atoms with Gasteiger partial charge in [-0.3, -0.25) is 0 Å². The molecular weight excluding hydrogens is 599 g/mol. The number of sulfone groups is 1. The Bertz CT molecular complexity index is 1520. The smallest absolute Gasteiger partial charge is 0.341 e. The van der Waals surface area contributed by atoms with Crippen molar-refractivity contribution in [2.45, 2.75) is 22.3 Å². The summed E-state index contributed by atoms with van der Waals surface area (Å²) >= 11 is 5.97. The second-order valence-electron chi connectivity index (χ2n) is 8.41. The van der Waals surface area contributed by atoms with Crippen molar-refractivity contribution in [1.82, 2.24) is 10.3 Å². The largest absolute Gasteiger partial charge is 0.477 e. The Morgan fingerprint density at radius 1 is 0.950 bits per heavy atom. The first-order valence-corrected chi connectivity index (χ1v) is 13.5. The van der Waals surface area contributed by atoms with Gasteiger partial charge < -0.3 is 20.3 Å². The number of pyridine rings is 1. The van der Waals surface area contributed by atoms with Crippen LogP contribution in [0.5, 0.6) is 11.6 Å². The number of hydrogen-bond acceptors (Lipinski definition) is 7.